The Balaban J connectivity index is 1.64. The van der Waals surface area contributed by atoms with E-state index in [-0.39, 0.29) is 5.91 Å². The number of rotatable bonds is 6. The van der Waals surface area contributed by atoms with Crippen molar-refractivity contribution in [2.24, 2.45) is 0 Å². The van der Waals surface area contributed by atoms with Crippen molar-refractivity contribution in [1.29, 1.82) is 0 Å². The Bertz CT molecular complexity index is 957. The van der Waals surface area contributed by atoms with Gasteiger partial charge < -0.3 is 15.4 Å². The molecule has 0 fully saturated rings. The topological polar surface area (TPSA) is 76.1 Å². The van der Waals surface area contributed by atoms with E-state index < -0.39 is 0 Å². The molecule has 0 aliphatic rings. The first-order valence-corrected chi connectivity index (χ1v) is 9.18. The van der Waals surface area contributed by atoms with E-state index in [0.717, 1.165) is 5.69 Å². The smallest absolute Gasteiger partial charge is 0.258 e. The van der Waals surface area contributed by atoms with Gasteiger partial charge in [-0.05, 0) is 41.8 Å². The van der Waals surface area contributed by atoms with Gasteiger partial charge in [0.15, 0.2) is 0 Å². The minimum absolute atomic E-state index is 0.267. The Labute approximate surface area is 168 Å². The first kappa shape index (κ1) is 19.6. The van der Waals surface area contributed by atoms with Crippen LogP contribution >= 0.6 is 11.6 Å². The molecular weight excluding hydrogens is 376 g/mol. The number of aromatic nitrogens is 2. The van der Waals surface area contributed by atoms with Crippen molar-refractivity contribution >= 4 is 34.8 Å². The lowest BCUT2D eigenvalue weighted by molar-refractivity contribution is 0.102. The van der Waals surface area contributed by atoms with Gasteiger partial charge in [0.2, 0.25) is 5.95 Å². The Kier molecular flexibility index (Phi) is 6.11. The van der Waals surface area contributed by atoms with E-state index in [1.807, 2.05) is 24.3 Å². The van der Waals surface area contributed by atoms with Crippen LogP contribution in [0, 0.1) is 0 Å². The fourth-order valence-electron chi connectivity index (χ4n) is 2.54. The zero-order chi connectivity index (χ0) is 20.1. The summed E-state index contributed by atoms with van der Waals surface area (Å²) < 4.78 is 5.12. The summed E-state index contributed by atoms with van der Waals surface area (Å²) in [4.78, 5) is 20.8. The molecule has 0 radical (unpaired) electrons. The minimum Gasteiger partial charge on any atom is -0.495 e. The molecular formula is C21H21ClN4O2. The molecule has 0 unspecified atom stereocenters. The van der Waals surface area contributed by atoms with Crippen LogP contribution in [0.25, 0.3) is 0 Å². The highest BCUT2D eigenvalue weighted by Gasteiger charge is 2.09. The molecule has 2 N–H and O–H groups in total. The van der Waals surface area contributed by atoms with E-state index in [0.29, 0.717) is 33.9 Å². The summed E-state index contributed by atoms with van der Waals surface area (Å²) in [5, 5.41) is 6.36. The van der Waals surface area contributed by atoms with Gasteiger partial charge >= 0.3 is 0 Å². The second kappa shape index (κ2) is 8.71. The fraction of sp³-hybridized carbons (Fsp3) is 0.190. The molecule has 0 saturated heterocycles. The molecule has 28 heavy (non-hydrogen) atoms. The molecule has 0 spiro atoms. The molecule has 2 aromatic carbocycles. The highest BCUT2D eigenvalue weighted by atomic mass is 35.5. The summed E-state index contributed by atoms with van der Waals surface area (Å²) in [5.41, 5.74) is 3.03. The molecule has 0 bridgehead atoms. The van der Waals surface area contributed by atoms with Gasteiger partial charge in [0.25, 0.3) is 5.91 Å². The summed E-state index contributed by atoms with van der Waals surface area (Å²) >= 11 is 6.11. The van der Waals surface area contributed by atoms with Crippen molar-refractivity contribution < 1.29 is 9.53 Å². The van der Waals surface area contributed by atoms with Crippen molar-refractivity contribution in [3.05, 3.63) is 71.0 Å². The number of carbonyl (C=O) groups excluding carboxylic acids is 1. The van der Waals surface area contributed by atoms with Crippen LogP contribution in [0.2, 0.25) is 5.02 Å². The average molecular weight is 397 g/mol. The Morgan fingerprint density at radius 3 is 2.25 bits per heavy atom. The molecule has 144 valence electrons. The standard InChI is InChI=1S/C21H21ClN4O2/c1-13(2)14-4-6-16(7-5-14)25-20(27)15-11-23-21(24-12-15)26-17-8-9-19(28-3)18(22)10-17/h4-13H,1-3H3,(H,25,27)(H,23,24,26). The van der Waals surface area contributed by atoms with E-state index in [1.54, 1.807) is 25.3 Å². The maximum Gasteiger partial charge on any atom is 0.258 e. The van der Waals surface area contributed by atoms with Crippen LogP contribution in [0.15, 0.2) is 54.9 Å². The molecule has 0 aliphatic heterocycles. The fourth-order valence-corrected chi connectivity index (χ4v) is 2.80. The number of methoxy groups -OCH3 is 1. The number of nitrogens with one attached hydrogen (secondary N) is 2. The number of carbonyl (C=O) groups is 1. The third-order valence-electron chi connectivity index (χ3n) is 4.16. The van der Waals surface area contributed by atoms with Gasteiger partial charge in [-0.1, -0.05) is 37.6 Å². The van der Waals surface area contributed by atoms with E-state index in [9.17, 15) is 4.79 Å². The molecule has 7 heteroatoms. The number of benzene rings is 2. The predicted octanol–water partition coefficient (Wildman–Crippen LogP) is 5.26. The minimum atomic E-state index is -0.267. The van der Waals surface area contributed by atoms with E-state index in [2.05, 4.69) is 34.4 Å². The van der Waals surface area contributed by atoms with Crippen molar-refractivity contribution in [3.8, 4) is 5.75 Å². The third-order valence-corrected chi connectivity index (χ3v) is 4.45. The first-order valence-electron chi connectivity index (χ1n) is 8.80. The lowest BCUT2D eigenvalue weighted by Gasteiger charge is -2.09. The number of anilines is 3. The van der Waals surface area contributed by atoms with Gasteiger partial charge in [-0.15, -0.1) is 0 Å². The van der Waals surface area contributed by atoms with Crippen LogP contribution in [0.1, 0.15) is 35.7 Å². The molecule has 0 saturated carbocycles. The van der Waals surface area contributed by atoms with Crippen molar-refractivity contribution in [3.63, 3.8) is 0 Å². The number of hydrogen-bond donors (Lipinski definition) is 2. The summed E-state index contributed by atoms with van der Waals surface area (Å²) in [7, 11) is 1.56. The molecule has 0 aliphatic carbocycles. The lowest BCUT2D eigenvalue weighted by Crippen LogP contribution is -2.13. The van der Waals surface area contributed by atoms with Gasteiger partial charge in [-0.3, -0.25) is 4.79 Å². The Morgan fingerprint density at radius 1 is 1.04 bits per heavy atom. The number of hydrogen-bond acceptors (Lipinski definition) is 5. The van der Waals surface area contributed by atoms with E-state index in [1.165, 1.54) is 18.0 Å². The molecule has 1 heterocycles. The number of halogens is 1. The van der Waals surface area contributed by atoms with Crippen molar-refractivity contribution in [2.75, 3.05) is 17.7 Å². The molecule has 1 amide bonds. The summed E-state index contributed by atoms with van der Waals surface area (Å²) in [6.07, 6.45) is 2.94. The quantitative estimate of drug-likeness (QED) is 0.594. The SMILES string of the molecule is COc1ccc(Nc2ncc(C(=O)Nc3ccc(C(C)C)cc3)cn2)cc1Cl. The highest BCUT2D eigenvalue weighted by molar-refractivity contribution is 6.32. The third kappa shape index (κ3) is 4.78. The second-order valence-electron chi connectivity index (χ2n) is 6.50. The van der Waals surface area contributed by atoms with Crippen molar-refractivity contribution in [2.45, 2.75) is 19.8 Å². The van der Waals surface area contributed by atoms with E-state index in [4.69, 9.17) is 16.3 Å². The number of nitrogens with zero attached hydrogens (tertiary/aromatic N) is 2. The summed E-state index contributed by atoms with van der Waals surface area (Å²) in [6.45, 7) is 4.25. The van der Waals surface area contributed by atoms with Crippen LogP contribution in [0.5, 0.6) is 5.75 Å². The number of ether oxygens (including phenoxy) is 1. The van der Waals surface area contributed by atoms with Gasteiger partial charge in [0, 0.05) is 23.8 Å². The van der Waals surface area contributed by atoms with Gasteiger partial charge in [0.1, 0.15) is 5.75 Å². The van der Waals surface area contributed by atoms with Crippen molar-refractivity contribution in [1.82, 2.24) is 9.97 Å². The highest BCUT2D eigenvalue weighted by Crippen LogP contribution is 2.28. The van der Waals surface area contributed by atoms with Gasteiger partial charge in [-0.2, -0.15) is 0 Å². The Hall–Kier alpha value is -3.12. The molecule has 1 aromatic heterocycles. The Morgan fingerprint density at radius 2 is 1.68 bits per heavy atom. The van der Waals surface area contributed by atoms with Gasteiger partial charge in [0.05, 0.1) is 17.7 Å². The molecule has 0 atom stereocenters. The summed E-state index contributed by atoms with van der Waals surface area (Å²) in [6, 6.07) is 13.0. The first-order chi connectivity index (χ1) is 13.5. The monoisotopic (exact) mass is 396 g/mol. The zero-order valence-electron chi connectivity index (χ0n) is 15.9. The zero-order valence-corrected chi connectivity index (χ0v) is 16.6. The molecule has 3 rings (SSSR count). The van der Waals surface area contributed by atoms with Crippen LogP contribution in [0.3, 0.4) is 0 Å². The summed E-state index contributed by atoms with van der Waals surface area (Å²) in [5.74, 6) is 1.12. The second-order valence-corrected chi connectivity index (χ2v) is 6.91. The van der Waals surface area contributed by atoms with Crippen LogP contribution in [-0.4, -0.2) is 23.0 Å². The molecule has 3 aromatic rings. The van der Waals surface area contributed by atoms with Crippen LogP contribution in [-0.2, 0) is 0 Å². The van der Waals surface area contributed by atoms with Crippen LogP contribution < -0.4 is 15.4 Å². The molecule has 6 nitrogen and oxygen atoms in total. The lowest BCUT2D eigenvalue weighted by atomic mass is 10.0. The number of amides is 1. The maximum absolute atomic E-state index is 12.4. The normalized spacial score (nSPS) is 10.6. The van der Waals surface area contributed by atoms with E-state index >= 15 is 0 Å². The average Bonchev–Trinajstić information content (AvgIpc) is 2.69. The van der Waals surface area contributed by atoms with Gasteiger partial charge in [-0.25, -0.2) is 9.97 Å². The predicted molar refractivity (Wildman–Crippen MR) is 112 cm³/mol. The largest absolute Gasteiger partial charge is 0.495 e. The van der Waals surface area contributed by atoms with Crippen LogP contribution in [0.4, 0.5) is 17.3 Å². The maximum atomic E-state index is 12.4.